The fourth-order valence-electron chi connectivity index (χ4n) is 2.28. The second-order valence-corrected chi connectivity index (χ2v) is 4.27. The fourth-order valence-corrected chi connectivity index (χ4v) is 2.28. The van der Waals surface area contributed by atoms with Crippen LogP contribution in [0.4, 0.5) is 0 Å². The Hall–Kier alpha value is -0.890. The summed E-state index contributed by atoms with van der Waals surface area (Å²) in [5.74, 6) is 0. The van der Waals surface area contributed by atoms with Crippen molar-refractivity contribution >= 4 is 0 Å². The maximum atomic E-state index is 9.82. The molecule has 96 valence electrons. The van der Waals surface area contributed by atoms with E-state index in [0.29, 0.717) is 6.42 Å². The van der Waals surface area contributed by atoms with Gasteiger partial charge in [0, 0.05) is 4.91 Å². The quantitative estimate of drug-likeness (QED) is 0.324. The van der Waals surface area contributed by atoms with E-state index in [1.165, 1.54) is 0 Å². The van der Waals surface area contributed by atoms with Gasteiger partial charge in [-0.15, -0.1) is 0 Å². The predicted octanol–water partition coefficient (Wildman–Crippen LogP) is -1.06. The van der Waals surface area contributed by atoms with E-state index in [1.54, 1.807) is 0 Å². The van der Waals surface area contributed by atoms with Gasteiger partial charge in [-0.1, -0.05) is 5.11 Å². The lowest BCUT2D eigenvalue weighted by molar-refractivity contribution is -0.256. The molecule has 0 radical (unpaired) electrons. The van der Waals surface area contributed by atoms with Crippen LogP contribution in [-0.4, -0.2) is 65.1 Å². The van der Waals surface area contributed by atoms with Crippen LogP contribution < -0.4 is 0 Å². The Morgan fingerprint density at radius 1 is 1.35 bits per heavy atom. The molecule has 2 fully saturated rings. The number of azide groups is 1. The van der Waals surface area contributed by atoms with E-state index in [0.717, 1.165) is 0 Å². The average molecular weight is 245 g/mol. The number of ether oxygens (including phenoxy) is 2. The SMILES string of the molecule is [N-]=[N+]=N[C@@H]1CO[C@@H]2[C@@H](O)[C@H](O)[C@@H](CO)O[C@H]2C1. The number of hydrogen-bond donors (Lipinski definition) is 3. The summed E-state index contributed by atoms with van der Waals surface area (Å²) in [5.41, 5.74) is 8.34. The van der Waals surface area contributed by atoms with Crippen LogP contribution >= 0.6 is 0 Å². The average Bonchev–Trinajstić information content (AvgIpc) is 2.34. The van der Waals surface area contributed by atoms with E-state index >= 15 is 0 Å². The standard InChI is InChI=1S/C9H15N3O5/c10-12-11-4-1-5-9(16-3-4)8(15)7(14)6(2-13)17-5/h4-9,13-15H,1-3H2/t4-,5-,6+,7+,8-,9-/m0/s1. The molecule has 0 bridgehead atoms. The predicted molar refractivity (Wildman–Crippen MR) is 55.1 cm³/mol. The lowest BCUT2D eigenvalue weighted by atomic mass is 9.90. The van der Waals surface area contributed by atoms with Crippen LogP contribution in [0.3, 0.4) is 0 Å². The van der Waals surface area contributed by atoms with E-state index in [1.807, 2.05) is 0 Å². The first-order valence-electron chi connectivity index (χ1n) is 5.45. The highest BCUT2D eigenvalue weighted by atomic mass is 16.6. The Kier molecular flexibility index (Phi) is 3.82. The van der Waals surface area contributed by atoms with Crippen LogP contribution in [0.5, 0.6) is 0 Å². The third-order valence-electron chi connectivity index (χ3n) is 3.16. The van der Waals surface area contributed by atoms with Crippen molar-refractivity contribution in [3.8, 4) is 0 Å². The van der Waals surface area contributed by atoms with Gasteiger partial charge in [-0.25, -0.2) is 0 Å². The van der Waals surface area contributed by atoms with Gasteiger partial charge >= 0.3 is 0 Å². The summed E-state index contributed by atoms with van der Waals surface area (Å²) in [4.78, 5) is 2.70. The van der Waals surface area contributed by atoms with E-state index in [9.17, 15) is 10.2 Å². The fraction of sp³-hybridized carbons (Fsp3) is 1.00. The van der Waals surface area contributed by atoms with Crippen LogP contribution in [0.1, 0.15) is 6.42 Å². The first-order valence-corrected chi connectivity index (χ1v) is 5.45. The number of rotatable bonds is 2. The Labute approximate surface area is 97.4 Å². The van der Waals surface area contributed by atoms with E-state index in [-0.39, 0.29) is 19.3 Å². The number of nitrogens with zero attached hydrogens (tertiary/aromatic N) is 3. The van der Waals surface area contributed by atoms with Gasteiger partial charge in [-0.3, -0.25) is 0 Å². The van der Waals surface area contributed by atoms with Crippen LogP contribution in [0.15, 0.2) is 5.11 Å². The molecule has 2 rings (SSSR count). The topological polar surface area (TPSA) is 128 Å². The Morgan fingerprint density at radius 3 is 2.76 bits per heavy atom. The zero-order chi connectivity index (χ0) is 12.4. The molecule has 2 saturated heterocycles. The highest BCUT2D eigenvalue weighted by Crippen LogP contribution is 2.30. The van der Waals surface area contributed by atoms with Crippen molar-refractivity contribution in [1.82, 2.24) is 0 Å². The molecule has 0 aliphatic carbocycles. The van der Waals surface area contributed by atoms with Crippen LogP contribution in [0, 0.1) is 0 Å². The lowest BCUT2D eigenvalue weighted by Gasteiger charge is -2.45. The molecular weight excluding hydrogens is 230 g/mol. The molecule has 0 amide bonds. The molecule has 8 nitrogen and oxygen atoms in total. The largest absolute Gasteiger partial charge is 0.394 e. The van der Waals surface area contributed by atoms with Gasteiger partial charge in [0.1, 0.15) is 24.4 Å². The molecule has 0 aromatic heterocycles. The first kappa shape index (κ1) is 12.6. The molecule has 8 heteroatoms. The Balaban J connectivity index is 2.07. The molecule has 2 aliphatic rings. The Bertz CT molecular complexity index is 322. The summed E-state index contributed by atoms with van der Waals surface area (Å²) >= 11 is 0. The number of aliphatic hydroxyl groups is 3. The van der Waals surface area contributed by atoms with Gasteiger partial charge in [-0.2, -0.15) is 0 Å². The summed E-state index contributed by atoms with van der Waals surface area (Å²) in [7, 11) is 0. The van der Waals surface area contributed by atoms with Crippen molar-refractivity contribution in [2.75, 3.05) is 13.2 Å². The van der Waals surface area contributed by atoms with Crippen molar-refractivity contribution in [3.05, 3.63) is 10.4 Å². The number of fused-ring (bicyclic) bond motifs is 1. The van der Waals surface area contributed by atoms with Crippen molar-refractivity contribution in [1.29, 1.82) is 0 Å². The third kappa shape index (κ3) is 2.37. The number of aliphatic hydroxyl groups excluding tert-OH is 3. The molecular formula is C9H15N3O5. The monoisotopic (exact) mass is 245 g/mol. The van der Waals surface area contributed by atoms with Crippen molar-refractivity contribution in [2.45, 2.75) is 43.0 Å². The van der Waals surface area contributed by atoms with Crippen LogP contribution in [-0.2, 0) is 9.47 Å². The molecule has 0 saturated carbocycles. The van der Waals surface area contributed by atoms with Gasteiger partial charge in [0.05, 0.1) is 25.4 Å². The van der Waals surface area contributed by atoms with Crippen molar-refractivity contribution < 1.29 is 24.8 Å². The summed E-state index contributed by atoms with van der Waals surface area (Å²) in [6, 6.07) is -0.344. The lowest BCUT2D eigenvalue weighted by Crippen LogP contribution is -2.61. The van der Waals surface area contributed by atoms with Crippen molar-refractivity contribution in [2.24, 2.45) is 5.11 Å². The molecule has 17 heavy (non-hydrogen) atoms. The third-order valence-corrected chi connectivity index (χ3v) is 3.16. The Morgan fingerprint density at radius 2 is 2.12 bits per heavy atom. The van der Waals surface area contributed by atoms with E-state index < -0.39 is 30.5 Å². The number of hydrogen-bond acceptors (Lipinski definition) is 6. The summed E-state index contributed by atoms with van der Waals surface area (Å²) in [6.07, 6.45) is -3.81. The van der Waals surface area contributed by atoms with Gasteiger partial charge in [0.2, 0.25) is 0 Å². The summed E-state index contributed by atoms with van der Waals surface area (Å²) < 4.78 is 10.8. The van der Waals surface area contributed by atoms with Gasteiger partial charge in [0.15, 0.2) is 0 Å². The van der Waals surface area contributed by atoms with Crippen LogP contribution in [0.25, 0.3) is 10.4 Å². The van der Waals surface area contributed by atoms with Gasteiger partial charge in [0.25, 0.3) is 0 Å². The normalized spacial score (nSPS) is 45.8. The molecule has 3 N–H and O–H groups in total. The maximum absolute atomic E-state index is 9.82. The first-order chi connectivity index (χ1) is 8.17. The summed E-state index contributed by atoms with van der Waals surface area (Å²) in [6.45, 7) is -0.185. The van der Waals surface area contributed by atoms with Crippen molar-refractivity contribution in [3.63, 3.8) is 0 Å². The molecule has 0 spiro atoms. The highest BCUT2D eigenvalue weighted by molar-refractivity contribution is 4.97. The summed E-state index contributed by atoms with van der Waals surface area (Å²) in [5, 5.41) is 32.0. The van der Waals surface area contributed by atoms with Gasteiger partial charge in [-0.05, 0) is 12.0 Å². The minimum Gasteiger partial charge on any atom is -0.394 e. The zero-order valence-corrected chi connectivity index (χ0v) is 9.09. The molecule has 2 aliphatic heterocycles. The highest BCUT2D eigenvalue weighted by Gasteiger charge is 2.47. The van der Waals surface area contributed by atoms with Gasteiger partial charge < -0.3 is 24.8 Å². The molecule has 6 atom stereocenters. The minimum absolute atomic E-state index is 0.197. The van der Waals surface area contributed by atoms with Crippen LogP contribution in [0.2, 0.25) is 0 Å². The second-order valence-electron chi connectivity index (χ2n) is 4.27. The maximum Gasteiger partial charge on any atom is 0.112 e. The van der Waals surface area contributed by atoms with E-state index in [2.05, 4.69) is 10.0 Å². The molecule has 0 aromatic rings. The zero-order valence-electron chi connectivity index (χ0n) is 9.09. The molecule has 2 heterocycles. The smallest absolute Gasteiger partial charge is 0.112 e. The minimum atomic E-state index is -1.17. The molecule has 0 aromatic carbocycles. The second kappa shape index (κ2) is 5.18. The van der Waals surface area contributed by atoms with E-state index in [4.69, 9.17) is 20.1 Å². The molecule has 0 unspecified atom stereocenters.